The summed E-state index contributed by atoms with van der Waals surface area (Å²) in [4.78, 5) is 27.7. The summed E-state index contributed by atoms with van der Waals surface area (Å²) in [5, 5.41) is 11.8. The third kappa shape index (κ3) is 4.60. The molecule has 152 valence electrons. The summed E-state index contributed by atoms with van der Waals surface area (Å²) in [6.45, 7) is 4.69. The van der Waals surface area contributed by atoms with Crippen molar-refractivity contribution in [3.63, 3.8) is 0 Å². The zero-order valence-electron chi connectivity index (χ0n) is 16.6. The van der Waals surface area contributed by atoms with E-state index in [2.05, 4.69) is 15.5 Å². The zero-order valence-corrected chi connectivity index (χ0v) is 18.2. The van der Waals surface area contributed by atoms with Crippen LogP contribution in [-0.2, 0) is 9.59 Å². The van der Waals surface area contributed by atoms with Crippen molar-refractivity contribution in [2.45, 2.75) is 23.1 Å². The first-order chi connectivity index (χ1) is 14.5. The lowest BCUT2D eigenvalue weighted by molar-refractivity contribution is -0.142. The van der Waals surface area contributed by atoms with E-state index in [9.17, 15) is 9.59 Å². The van der Waals surface area contributed by atoms with E-state index < -0.39 is 11.8 Å². The lowest BCUT2D eigenvalue weighted by Gasteiger charge is -2.17. The lowest BCUT2D eigenvalue weighted by atomic mass is 10.1. The van der Waals surface area contributed by atoms with Crippen LogP contribution in [0.4, 0.5) is 5.69 Å². The number of anilines is 1. The molecule has 4 rings (SSSR count). The van der Waals surface area contributed by atoms with Crippen LogP contribution in [-0.4, -0.2) is 40.0 Å². The molecule has 1 aliphatic rings. The van der Waals surface area contributed by atoms with E-state index in [0.29, 0.717) is 18.8 Å². The quantitative estimate of drug-likeness (QED) is 0.621. The van der Waals surface area contributed by atoms with Gasteiger partial charge in [-0.05, 0) is 48.7 Å². The second-order valence-corrected chi connectivity index (χ2v) is 9.40. The first-order valence-corrected chi connectivity index (χ1v) is 11.1. The minimum atomic E-state index is -0.624. The predicted molar refractivity (Wildman–Crippen MR) is 120 cm³/mol. The van der Waals surface area contributed by atoms with Gasteiger partial charge in [-0.15, -0.1) is 10.2 Å². The highest BCUT2D eigenvalue weighted by molar-refractivity contribution is 8.01. The lowest BCUT2D eigenvalue weighted by Crippen LogP contribution is -2.38. The Labute approximate surface area is 183 Å². The van der Waals surface area contributed by atoms with Crippen LogP contribution in [0.25, 0.3) is 5.57 Å². The SMILES string of the molecule is Cc1nnc(Sc2ccc(NC(=O)C(=O)N3CC=C(c4ccccc4)C3)c(C)c2)s1. The van der Waals surface area contributed by atoms with Gasteiger partial charge in [-0.3, -0.25) is 9.59 Å². The maximum atomic E-state index is 12.6. The molecule has 1 aliphatic heterocycles. The Morgan fingerprint density at radius 3 is 2.60 bits per heavy atom. The first kappa shape index (κ1) is 20.3. The van der Waals surface area contributed by atoms with E-state index in [-0.39, 0.29) is 0 Å². The van der Waals surface area contributed by atoms with Crippen LogP contribution in [0, 0.1) is 13.8 Å². The van der Waals surface area contributed by atoms with Crippen molar-refractivity contribution in [2.75, 3.05) is 18.4 Å². The number of hydrogen-bond acceptors (Lipinski definition) is 6. The molecule has 2 amide bonds. The van der Waals surface area contributed by atoms with Crippen LogP contribution in [0.2, 0.25) is 0 Å². The third-order valence-corrected chi connectivity index (χ3v) is 6.58. The molecule has 1 aromatic heterocycles. The van der Waals surface area contributed by atoms with E-state index in [1.807, 2.05) is 68.5 Å². The molecule has 0 bridgehead atoms. The van der Waals surface area contributed by atoms with Crippen molar-refractivity contribution >= 4 is 46.2 Å². The average Bonchev–Trinajstić information content (AvgIpc) is 3.39. The molecule has 0 unspecified atom stereocenters. The smallest absolute Gasteiger partial charge is 0.313 e. The molecule has 0 fully saturated rings. The van der Waals surface area contributed by atoms with E-state index in [1.165, 1.54) is 23.1 Å². The summed E-state index contributed by atoms with van der Waals surface area (Å²) >= 11 is 3.06. The van der Waals surface area contributed by atoms with Crippen LogP contribution in [0.1, 0.15) is 16.1 Å². The van der Waals surface area contributed by atoms with Crippen molar-refractivity contribution in [3.05, 3.63) is 70.7 Å². The minimum Gasteiger partial charge on any atom is -0.326 e. The monoisotopic (exact) mass is 436 g/mol. The maximum absolute atomic E-state index is 12.6. The topological polar surface area (TPSA) is 75.2 Å². The number of hydrogen-bond donors (Lipinski definition) is 1. The first-order valence-electron chi connectivity index (χ1n) is 9.43. The summed E-state index contributed by atoms with van der Waals surface area (Å²) in [7, 11) is 0. The average molecular weight is 437 g/mol. The van der Waals surface area contributed by atoms with E-state index in [1.54, 1.807) is 4.90 Å². The minimum absolute atomic E-state index is 0.437. The van der Waals surface area contributed by atoms with Crippen LogP contribution < -0.4 is 5.32 Å². The molecule has 0 saturated heterocycles. The van der Waals surface area contributed by atoms with E-state index in [4.69, 9.17) is 0 Å². The number of aromatic nitrogens is 2. The van der Waals surface area contributed by atoms with Gasteiger partial charge in [0.2, 0.25) is 0 Å². The fraction of sp³-hybridized carbons (Fsp3) is 0.182. The van der Waals surface area contributed by atoms with Crippen LogP contribution in [0.15, 0.2) is 63.8 Å². The van der Waals surface area contributed by atoms with Gasteiger partial charge in [0.05, 0.1) is 0 Å². The molecular weight excluding hydrogens is 416 g/mol. The molecular formula is C22H20N4O2S2. The van der Waals surface area contributed by atoms with Gasteiger partial charge in [0.1, 0.15) is 5.01 Å². The number of amides is 2. The molecule has 1 N–H and O–H groups in total. The molecule has 8 heteroatoms. The third-order valence-electron chi connectivity index (χ3n) is 4.70. The summed E-state index contributed by atoms with van der Waals surface area (Å²) in [5.74, 6) is -1.15. The van der Waals surface area contributed by atoms with Crippen LogP contribution >= 0.6 is 23.1 Å². The summed E-state index contributed by atoms with van der Waals surface area (Å²) in [6.07, 6.45) is 1.99. The highest BCUT2D eigenvalue weighted by Crippen LogP contribution is 2.32. The second-order valence-electron chi connectivity index (χ2n) is 6.90. The number of carbonyl (C=O) groups excluding carboxylic acids is 2. The molecule has 0 saturated carbocycles. The van der Waals surface area contributed by atoms with Gasteiger partial charge in [-0.1, -0.05) is 59.5 Å². The standard InChI is InChI=1S/C22H20N4O2S2/c1-14-12-18(30-22-25-24-15(2)29-22)8-9-19(14)23-20(27)21(28)26-11-10-17(13-26)16-6-4-3-5-7-16/h3-10,12H,11,13H2,1-2H3,(H,23,27). The maximum Gasteiger partial charge on any atom is 0.313 e. The summed E-state index contributed by atoms with van der Waals surface area (Å²) in [6, 6.07) is 15.6. The predicted octanol–water partition coefficient (Wildman–Crippen LogP) is 4.17. The number of carbonyl (C=O) groups is 2. The van der Waals surface area contributed by atoms with Crippen molar-refractivity contribution in [1.82, 2.24) is 15.1 Å². The van der Waals surface area contributed by atoms with Crippen molar-refractivity contribution in [2.24, 2.45) is 0 Å². The fourth-order valence-corrected chi connectivity index (χ4v) is 5.04. The van der Waals surface area contributed by atoms with Crippen LogP contribution in [0.3, 0.4) is 0 Å². The van der Waals surface area contributed by atoms with Gasteiger partial charge in [0, 0.05) is 23.7 Å². The normalized spacial score (nSPS) is 13.3. The number of aryl methyl sites for hydroxylation is 2. The highest BCUT2D eigenvalue weighted by Gasteiger charge is 2.26. The largest absolute Gasteiger partial charge is 0.326 e. The van der Waals surface area contributed by atoms with Gasteiger partial charge in [-0.25, -0.2) is 0 Å². The van der Waals surface area contributed by atoms with Crippen molar-refractivity contribution < 1.29 is 9.59 Å². The molecule has 2 heterocycles. The fourth-order valence-electron chi connectivity index (χ4n) is 3.15. The number of nitrogens with one attached hydrogen (secondary N) is 1. The Morgan fingerprint density at radius 2 is 1.90 bits per heavy atom. The van der Waals surface area contributed by atoms with Gasteiger partial charge in [0.15, 0.2) is 4.34 Å². The molecule has 0 radical (unpaired) electrons. The van der Waals surface area contributed by atoms with Gasteiger partial charge < -0.3 is 10.2 Å². The van der Waals surface area contributed by atoms with E-state index >= 15 is 0 Å². The van der Waals surface area contributed by atoms with Gasteiger partial charge in [0.25, 0.3) is 0 Å². The zero-order chi connectivity index (χ0) is 21.1. The Hall–Kier alpha value is -2.97. The number of benzene rings is 2. The highest BCUT2D eigenvalue weighted by atomic mass is 32.2. The van der Waals surface area contributed by atoms with Gasteiger partial charge in [-0.2, -0.15) is 0 Å². The number of rotatable bonds is 4. The molecule has 3 aromatic rings. The molecule has 30 heavy (non-hydrogen) atoms. The Balaban J connectivity index is 1.37. The Kier molecular flexibility index (Phi) is 5.96. The van der Waals surface area contributed by atoms with Crippen molar-refractivity contribution in [3.8, 4) is 0 Å². The molecule has 0 atom stereocenters. The summed E-state index contributed by atoms with van der Waals surface area (Å²) in [5.41, 5.74) is 3.64. The second kappa shape index (κ2) is 8.81. The molecule has 2 aromatic carbocycles. The molecule has 0 spiro atoms. The molecule has 6 nitrogen and oxygen atoms in total. The Bertz CT molecular complexity index is 1130. The van der Waals surface area contributed by atoms with E-state index in [0.717, 1.165) is 30.9 Å². The molecule has 0 aliphatic carbocycles. The number of nitrogens with zero attached hydrogens (tertiary/aromatic N) is 3. The summed E-state index contributed by atoms with van der Waals surface area (Å²) < 4.78 is 0.870. The Morgan fingerprint density at radius 1 is 1.10 bits per heavy atom. The van der Waals surface area contributed by atoms with Crippen LogP contribution in [0.5, 0.6) is 0 Å². The van der Waals surface area contributed by atoms with Gasteiger partial charge >= 0.3 is 11.8 Å². The van der Waals surface area contributed by atoms with Crippen molar-refractivity contribution in [1.29, 1.82) is 0 Å².